The van der Waals surface area contributed by atoms with Crippen LogP contribution in [0.25, 0.3) is 31.9 Å². The number of hydrogen-bond donors (Lipinski definition) is 2. The highest BCUT2D eigenvalue weighted by atomic mass is 32.1. The predicted octanol–water partition coefficient (Wildman–Crippen LogP) is 2.80. The monoisotopic (exact) mass is 433 g/mol. The van der Waals surface area contributed by atoms with E-state index >= 15 is 0 Å². The van der Waals surface area contributed by atoms with E-state index in [1.165, 1.54) is 0 Å². The number of hydrogen-bond acceptors (Lipinski definition) is 7. The predicted molar refractivity (Wildman–Crippen MR) is 123 cm³/mol. The van der Waals surface area contributed by atoms with Crippen LogP contribution < -0.4 is 11.1 Å². The van der Waals surface area contributed by atoms with Gasteiger partial charge in [-0.05, 0) is 24.6 Å². The minimum Gasteiger partial charge on any atom is -0.383 e. The summed E-state index contributed by atoms with van der Waals surface area (Å²) in [5, 5.41) is 8.70. The number of thiazole rings is 1. The molecular formula is C22H23N7OS. The van der Waals surface area contributed by atoms with Crippen LogP contribution in [-0.2, 0) is 4.79 Å². The Labute approximate surface area is 183 Å². The largest absolute Gasteiger partial charge is 0.383 e. The van der Waals surface area contributed by atoms with Gasteiger partial charge in [0.15, 0.2) is 0 Å². The van der Waals surface area contributed by atoms with Gasteiger partial charge in [-0.15, -0.1) is 11.3 Å². The van der Waals surface area contributed by atoms with E-state index in [4.69, 9.17) is 10.7 Å². The summed E-state index contributed by atoms with van der Waals surface area (Å²) in [5.41, 5.74) is 9.85. The Balaban J connectivity index is 1.41. The first-order chi connectivity index (χ1) is 15.0. The molecule has 0 saturated carbocycles. The fourth-order valence-corrected chi connectivity index (χ4v) is 4.89. The molecule has 31 heavy (non-hydrogen) atoms. The van der Waals surface area contributed by atoms with Gasteiger partial charge in [0.2, 0.25) is 5.91 Å². The molecule has 3 N–H and O–H groups in total. The van der Waals surface area contributed by atoms with Crippen molar-refractivity contribution < 1.29 is 4.79 Å². The van der Waals surface area contributed by atoms with Crippen molar-refractivity contribution in [2.24, 2.45) is 0 Å². The quantitative estimate of drug-likeness (QED) is 0.513. The summed E-state index contributed by atoms with van der Waals surface area (Å²) in [7, 11) is 3.56. The van der Waals surface area contributed by atoms with Gasteiger partial charge in [0.05, 0.1) is 34.1 Å². The van der Waals surface area contributed by atoms with E-state index in [0.29, 0.717) is 12.4 Å². The number of para-hydroxylation sites is 1. The molecule has 158 valence electrons. The first-order valence-electron chi connectivity index (χ1n) is 10.1. The summed E-state index contributed by atoms with van der Waals surface area (Å²) in [4.78, 5) is 23.0. The van der Waals surface area contributed by atoms with Crippen LogP contribution in [0.15, 0.2) is 48.9 Å². The molecule has 0 unspecified atom stereocenters. The maximum atomic E-state index is 12.2. The lowest BCUT2D eigenvalue weighted by Gasteiger charge is -2.16. The van der Waals surface area contributed by atoms with Gasteiger partial charge < -0.3 is 16.0 Å². The van der Waals surface area contributed by atoms with Gasteiger partial charge in [0.1, 0.15) is 10.8 Å². The van der Waals surface area contributed by atoms with Crippen molar-refractivity contribution in [1.29, 1.82) is 0 Å². The average Bonchev–Trinajstić information content (AvgIpc) is 3.51. The first kappa shape index (κ1) is 19.7. The molecule has 1 aliphatic rings. The summed E-state index contributed by atoms with van der Waals surface area (Å²) in [5.74, 6) is 0.554. The molecule has 4 aromatic rings. The van der Waals surface area contributed by atoms with Gasteiger partial charge in [0, 0.05) is 44.2 Å². The molecule has 1 aromatic carbocycles. The third-order valence-electron chi connectivity index (χ3n) is 5.60. The minimum atomic E-state index is -0.170. The number of nitrogens with zero attached hydrogens (tertiary/aromatic N) is 5. The second-order valence-electron chi connectivity index (χ2n) is 7.94. The molecule has 4 heterocycles. The van der Waals surface area contributed by atoms with Crippen molar-refractivity contribution >= 4 is 33.3 Å². The van der Waals surface area contributed by atoms with Crippen molar-refractivity contribution in [3.05, 3.63) is 48.9 Å². The van der Waals surface area contributed by atoms with Gasteiger partial charge in [-0.25, -0.2) is 9.97 Å². The number of nitrogen functional groups attached to an aromatic ring is 1. The summed E-state index contributed by atoms with van der Waals surface area (Å²) >= 11 is 1.60. The first-order valence-corrected chi connectivity index (χ1v) is 10.9. The third-order valence-corrected chi connectivity index (χ3v) is 6.67. The second-order valence-corrected chi connectivity index (χ2v) is 8.97. The maximum absolute atomic E-state index is 12.2. The number of benzene rings is 1. The second kappa shape index (κ2) is 7.75. The highest BCUT2D eigenvalue weighted by Crippen LogP contribution is 2.35. The van der Waals surface area contributed by atoms with Gasteiger partial charge in [0.25, 0.3) is 0 Å². The van der Waals surface area contributed by atoms with E-state index in [9.17, 15) is 4.79 Å². The highest BCUT2D eigenvalue weighted by molar-refractivity contribution is 7.21. The lowest BCUT2D eigenvalue weighted by Crippen LogP contribution is -2.39. The number of carbonyl (C=O) groups is 1. The number of carbonyl (C=O) groups excluding carboxylic acids is 1. The van der Waals surface area contributed by atoms with Gasteiger partial charge in [-0.1, -0.05) is 12.1 Å². The Bertz CT molecular complexity index is 1230. The molecule has 3 aromatic heterocycles. The van der Waals surface area contributed by atoms with Crippen LogP contribution in [0.4, 0.5) is 5.82 Å². The van der Waals surface area contributed by atoms with Crippen LogP contribution in [0.1, 0.15) is 12.5 Å². The molecule has 5 rings (SSSR count). The number of amides is 1. The van der Waals surface area contributed by atoms with Crippen molar-refractivity contribution in [1.82, 2.24) is 30.0 Å². The fourth-order valence-electron chi connectivity index (χ4n) is 3.90. The fraction of sp³-hybridized carbons (Fsp3) is 0.273. The van der Waals surface area contributed by atoms with Crippen LogP contribution in [0.2, 0.25) is 0 Å². The van der Waals surface area contributed by atoms with E-state index < -0.39 is 0 Å². The number of aromatic nitrogens is 4. The Morgan fingerprint density at radius 3 is 2.90 bits per heavy atom. The van der Waals surface area contributed by atoms with Crippen LogP contribution in [0.3, 0.4) is 0 Å². The lowest BCUT2D eigenvalue weighted by atomic mass is 10.1. The van der Waals surface area contributed by atoms with Gasteiger partial charge in [-0.3, -0.25) is 9.48 Å². The molecule has 2 atom stereocenters. The molecule has 1 saturated heterocycles. The van der Waals surface area contributed by atoms with Crippen molar-refractivity contribution in [2.45, 2.75) is 18.5 Å². The number of fused-ring (bicyclic) bond motifs is 1. The SMILES string of the molecule is CN(C)C(=O)[C@H]1C[C@H](n2cc(-c3cnc(N)c(-c4nc5ccccc5s4)c3)cn2)CN1. The van der Waals surface area contributed by atoms with E-state index in [2.05, 4.69) is 21.5 Å². The van der Waals surface area contributed by atoms with Crippen LogP contribution in [0.5, 0.6) is 0 Å². The lowest BCUT2D eigenvalue weighted by molar-refractivity contribution is -0.130. The summed E-state index contributed by atoms with van der Waals surface area (Å²) in [6, 6.07) is 10.0. The Morgan fingerprint density at radius 2 is 2.10 bits per heavy atom. The Hall–Kier alpha value is -3.30. The summed E-state index contributed by atoms with van der Waals surface area (Å²) < 4.78 is 3.05. The van der Waals surface area contributed by atoms with Gasteiger partial charge >= 0.3 is 0 Å². The smallest absolute Gasteiger partial charge is 0.239 e. The van der Waals surface area contributed by atoms with Crippen LogP contribution in [-0.4, -0.2) is 57.2 Å². The molecule has 0 radical (unpaired) electrons. The Kier molecular flexibility index (Phi) is 4.91. The van der Waals surface area contributed by atoms with Crippen LogP contribution >= 0.6 is 11.3 Å². The molecule has 0 bridgehead atoms. The minimum absolute atomic E-state index is 0.0955. The van der Waals surface area contributed by atoms with E-state index in [1.54, 1.807) is 36.5 Å². The van der Waals surface area contributed by atoms with Crippen LogP contribution in [0, 0.1) is 0 Å². The molecule has 1 fully saturated rings. The zero-order valence-corrected chi connectivity index (χ0v) is 18.1. The number of nitrogens with one attached hydrogen (secondary N) is 1. The van der Waals surface area contributed by atoms with Crippen molar-refractivity contribution in [3.8, 4) is 21.7 Å². The Morgan fingerprint density at radius 1 is 1.26 bits per heavy atom. The summed E-state index contributed by atoms with van der Waals surface area (Å²) in [6.07, 6.45) is 6.31. The highest BCUT2D eigenvalue weighted by Gasteiger charge is 2.31. The average molecular weight is 434 g/mol. The van der Waals surface area contributed by atoms with Crippen molar-refractivity contribution in [3.63, 3.8) is 0 Å². The van der Waals surface area contributed by atoms with E-state index in [0.717, 1.165) is 38.3 Å². The maximum Gasteiger partial charge on any atom is 0.239 e. The molecule has 8 nitrogen and oxygen atoms in total. The standard InChI is InChI=1S/C22H23N7OS/c1-28(2)22(30)18-8-15(11-24-18)29-12-14(10-26-29)13-7-16(20(23)25-9-13)21-27-17-5-3-4-6-19(17)31-21/h3-7,9-10,12,15,18,24H,8,11H2,1-2H3,(H2,23,25)/t15-,18+/m0/s1. The summed E-state index contributed by atoms with van der Waals surface area (Å²) in [6.45, 7) is 0.711. The topological polar surface area (TPSA) is 102 Å². The molecule has 0 aliphatic carbocycles. The zero-order valence-electron chi connectivity index (χ0n) is 17.3. The number of pyridine rings is 1. The normalized spacial score (nSPS) is 18.5. The van der Waals surface area contributed by atoms with E-state index in [1.807, 2.05) is 41.3 Å². The third kappa shape index (κ3) is 3.66. The number of anilines is 1. The number of nitrogens with two attached hydrogens (primary N) is 1. The molecule has 9 heteroatoms. The van der Waals surface area contributed by atoms with Crippen molar-refractivity contribution in [2.75, 3.05) is 26.4 Å². The number of likely N-dealkylation sites (N-methyl/N-ethyl adjacent to an activating group) is 1. The molecule has 0 spiro atoms. The molecule has 1 aliphatic heterocycles. The molecule has 1 amide bonds. The molecular weight excluding hydrogens is 410 g/mol. The van der Waals surface area contributed by atoms with E-state index in [-0.39, 0.29) is 18.0 Å². The zero-order chi connectivity index (χ0) is 21.5. The van der Waals surface area contributed by atoms with Gasteiger partial charge in [-0.2, -0.15) is 5.10 Å². The number of rotatable bonds is 4.